The third kappa shape index (κ3) is 5.41. The highest BCUT2D eigenvalue weighted by molar-refractivity contribution is 7.91. The van der Waals surface area contributed by atoms with Crippen LogP contribution in [0.3, 0.4) is 0 Å². The molecule has 0 radical (unpaired) electrons. The van der Waals surface area contributed by atoms with E-state index in [1.54, 1.807) is 12.4 Å². The van der Waals surface area contributed by atoms with Gasteiger partial charge in [-0.2, -0.15) is 0 Å². The van der Waals surface area contributed by atoms with E-state index in [0.717, 1.165) is 48.7 Å². The zero-order valence-corrected chi connectivity index (χ0v) is 22.1. The predicted molar refractivity (Wildman–Crippen MR) is 136 cm³/mol. The average Bonchev–Trinajstić information content (AvgIpc) is 3.30. The third-order valence-electron chi connectivity index (χ3n) is 6.56. The minimum absolute atomic E-state index is 0.116. The summed E-state index contributed by atoms with van der Waals surface area (Å²) in [6.07, 6.45) is 4.83. The van der Waals surface area contributed by atoms with E-state index in [-0.39, 0.29) is 11.1 Å². The van der Waals surface area contributed by atoms with Gasteiger partial charge in [0.15, 0.2) is 21.5 Å². The van der Waals surface area contributed by atoms with Gasteiger partial charge in [-0.15, -0.1) is 5.10 Å². The molecule has 1 aromatic carbocycles. The monoisotopic (exact) mass is 518 g/mol. The number of pyridine rings is 1. The van der Waals surface area contributed by atoms with Gasteiger partial charge >= 0.3 is 0 Å². The van der Waals surface area contributed by atoms with Crippen LogP contribution in [0.2, 0.25) is 0 Å². The lowest BCUT2D eigenvalue weighted by Gasteiger charge is -2.43. The maximum absolute atomic E-state index is 15.2. The van der Waals surface area contributed by atoms with Gasteiger partial charge in [-0.1, -0.05) is 11.3 Å². The first-order valence-corrected chi connectivity index (χ1v) is 13.6. The average molecular weight is 519 g/mol. The molecular formula is C25H32F2N6O2S. The SMILES string of the molecule is CC(C)S(=O)(=O)Cc1ccc(F)c(-n2cc(-c3cncc(N4CCN(C(C)(C)C)CC4)c3)nn2)c1F. The van der Waals surface area contributed by atoms with Gasteiger partial charge in [0.2, 0.25) is 0 Å². The Hall–Kier alpha value is -2.92. The molecule has 1 aliphatic heterocycles. The summed E-state index contributed by atoms with van der Waals surface area (Å²) in [5.74, 6) is -2.36. The zero-order chi connectivity index (χ0) is 26.3. The van der Waals surface area contributed by atoms with Crippen molar-refractivity contribution in [3.05, 3.63) is 54.0 Å². The first-order valence-electron chi connectivity index (χ1n) is 11.9. The number of piperazine rings is 1. The van der Waals surface area contributed by atoms with Gasteiger partial charge in [0.25, 0.3) is 0 Å². The fourth-order valence-electron chi connectivity index (χ4n) is 4.17. The minimum atomic E-state index is -3.57. The molecule has 2 aromatic heterocycles. The van der Waals surface area contributed by atoms with Gasteiger partial charge in [-0.25, -0.2) is 21.9 Å². The highest BCUT2D eigenvalue weighted by atomic mass is 32.2. The Morgan fingerprint density at radius 1 is 1.06 bits per heavy atom. The van der Waals surface area contributed by atoms with Crippen molar-refractivity contribution in [3.63, 3.8) is 0 Å². The molecule has 4 rings (SSSR count). The smallest absolute Gasteiger partial charge is 0.156 e. The van der Waals surface area contributed by atoms with Crippen molar-refractivity contribution in [2.45, 2.75) is 51.2 Å². The first kappa shape index (κ1) is 26.2. The number of rotatable bonds is 6. The highest BCUT2D eigenvalue weighted by Gasteiger charge is 2.27. The largest absolute Gasteiger partial charge is 0.368 e. The second-order valence-electron chi connectivity index (χ2n) is 10.4. The molecule has 0 N–H and O–H groups in total. The van der Waals surface area contributed by atoms with Crippen LogP contribution in [0.15, 0.2) is 36.8 Å². The van der Waals surface area contributed by atoms with Crippen LogP contribution in [0, 0.1) is 11.6 Å². The molecule has 36 heavy (non-hydrogen) atoms. The Morgan fingerprint density at radius 2 is 1.75 bits per heavy atom. The van der Waals surface area contributed by atoms with Crippen LogP contribution in [-0.4, -0.2) is 70.3 Å². The van der Waals surface area contributed by atoms with Crippen molar-refractivity contribution in [1.29, 1.82) is 0 Å². The summed E-state index contributed by atoms with van der Waals surface area (Å²) in [6.45, 7) is 13.3. The Labute approximate surface area is 210 Å². The van der Waals surface area contributed by atoms with E-state index in [4.69, 9.17) is 0 Å². The summed E-state index contributed by atoms with van der Waals surface area (Å²) in [5.41, 5.74) is 1.54. The normalized spacial score (nSPS) is 15.6. The first-order chi connectivity index (χ1) is 16.9. The molecule has 0 amide bonds. The summed E-state index contributed by atoms with van der Waals surface area (Å²) < 4.78 is 55.5. The van der Waals surface area contributed by atoms with Gasteiger partial charge in [0.05, 0.1) is 29.1 Å². The van der Waals surface area contributed by atoms with Gasteiger partial charge in [0, 0.05) is 49.0 Å². The van der Waals surface area contributed by atoms with E-state index in [1.165, 1.54) is 20.0 Å². The van der Waals surface area contributed by atoms with E-state index in [0.29, 0.717) is 11.3 Å². The molecule has 0 saturated carbocycles. The van der Waals surface area contributed by atoms with Crippen LogP contribution < -0.4 is 4.90 Å². The maximum Gasteiger partial charge on any atom is 0.156 e. The van der Waals surface area contributed by atoms with Gasteiger partial charge in [-0.3, -0.25) is 9.88 Å². The highest BCUT2D eigenvalue weighted by Crippen LogP contribution is 2.27. The molecule has 1 fully saturated rings. The molecule has 3 aromatic rings. The lowest BCUT2D eigenvalue weighted by atomic mass is 10.0. The molecule has 0 atom stereocenters. The van der Waals surface area contributed by atoms with E-state index in [2.05, 4.69) is 45.9 Å². The third-order valence-corrected chi connectivity index (χ3v) is 8.71. The van der Waals surface area contributed by atoms with Crippen LogP contribution >= 0.6 is 0 Å². The Balaban J connectivity index is 1.59. The lowest BCUT2D eigenvalue weighted by Crippen LogP contribution is -2.53. The maximum atomic E-state index is 15.2. The molecular weight excluding hydrogens is 486 g/mol. The second-order valence-corrected chi connectivity index (χ2v) is 12.9. The molecule has 3 heterocycles. The molecule has 0 aliphatic carbocycles. The molecule has 1 aliphatic rings. The van der Waals surface area contributed by atoms with Crippen molar-refractivity contribution in [2.75, 3.05) is 31.1 Å². The molecule has 1 saturated heterocycles. The van der Waals surface area contributed by atoms with E-state index < -0.39 is 38.2 Å². The number of anilines is 1. The van der Waals surface area contributed by atoms with Gasteiger partial charge < -0.3 is 4.90 Å². The van der Waals surface area contributed by atoms with Crippen LogP contribution in [0.4, 0.5) is 14.5 Å². The fourth-order valence-corrected chi connectivity index (χ4v) is 5.16. The second kappa shape index (κ2) is 9.85. The Kier molecular flexibility index (Phi) is 7.16. The molecule has 0 spiro atoms. The van der Waals surface area contributed by atoms with Gasteiger partial charge in [0.1, 0.15) is 11.4 Å². The molecule has 0 bridgehead atoms. The van der Waals surface area contributed by atoms with E-state index >= 15 is 4.39 Å². The van der Waals surface area contributed by atoms with E-state index in [1.807, 2.05) is 6.07 Å². The van der Waals surface area contributed by atoms with Crippen molar-refractivity contribution in [3.8, 4) is 16.9 Å². The Bertz CT molecular complexity index is 1340. The zero-order valence-electron chi connectivity index (χ0n) is 21.2. The van der Waals surface area contributed by atoms with Crippen LogP contribution in [0.1, 0.15) is 40.2 Å². The number of nitrogens with zero attached hydrogens (tertiary/aromatic N) is 6. The van der Waals surface area contributed by atoms with Crippen LogP contribution in [-0.2, 0) is 15.6 Å². The standard InChI is InChI=1S/C25H32F2N6O2S/c1-17(2)36(34,35)16-18-6-7-21(26)24(23(18)27)33-15-22(29-30-33)19-12-20(14-28-13-19)31-8-10-32(11-9-31)25(3,4)5/h6-7,12-15,17H,8-11,16H2,1-5H3. The molecule has 0 unspecified atom stereocenters. The summed E-state index contributed by atoms with van der Waals surface area (Å²) in [4.78, 5) is 9.04. The number of hydrogen-bond acceptors (Lipinski definition) is 7. The number of sulfone groups is 1. The number of hydrogen-bond donors (Lipinski definition) is 0. The van der Waals surface area contributed by atoms with Crippen molar-refractivity contribution in [2.24, 2.45) is 0 Å². The van der Waals surface area contributed by atoms with Crippen LogP contribution in [0.25, 0.3) is 16.9 Å². The van der Waals surface area contributed by atoms with Gasteiger partial charge in [-0.05, 0) is 46.8 Å². The summed E-state index contributed by atoms with van der Waals surface area (Å²) >= 11 is 0. The Morgan fingerprint density at radius 3 is 2.39 bits per heavy atom. The number of halogens is 2. The number of aromatic nitrogens is 4. The van der Waals surface area contributed by atoms with Crippen molar-refractivity contribution < 1.29 is 17.2 Å². The number of benzene rings is 1. The summed E-state index contributed by atoms with van der Waals surface area (Å²) in [5, 5.41) is 7.35. The molecule has 8 nitrogen and oxygen atoms in total. The fraction of sp³-hybridized carbons (Fsp3) is 0.480. The van der Waals surface area contributed by atoms with Crippen molar-refractivity contribution >= 4 is 15.5 Å². The van der Waals surface area contributed by atoms with E-state index in [9.17, 15) is 12.8 Å². The van der Waals surface area contributed by atoms with Crippen molar-refractivity contribution in [1.82, 2.24) is 24.9 Å². The topological polar surface area (TPSA) is 84.2 Å². The molecule has 194 valence electrons. The van der Waals surface area contributed by atoms with Crippen LogP contribution in [0.5, 0.6) is 0 Å². The predicted octanol–water partition coefficient (Wildman–Crippen LogP) is 3.85. The minimum Gasteiger partial charge on any atom is -0.368 e. The lowest BCUT2D eigenvalue weighted by molar-refractivity contribution is 0.128. The summed E-state index contributed by atoms with van der Waals surface area (Å²) in [6, 6.07) is 4.13. The quantitative estimate of drug-likeness (QED) is 0.490. The summed E-state index contributed by atoms with van der Waals surface area (Å²) in [7, 11) is -3.57. The molecule has 11 heteroatoms.